The van der Waals surface area contributed by atoms with Crippen molar-refractivity contribution in [3.05, 3.63) is 40.9 Å². The summed E-state index contributed by atoms with van der Waals surface area (Å²) in [6.07, 6.45) is 2.27. The van der Waals surface area contributed by atoms with Gasteiger partial charge in [0.15, 0.2) is 0 Å². The van der Waals surface area contributed by atoms with E-state index in [0.717, 1.165) is 43.3 Å². The molecule has 1 heterocycles. The van der Waals surface area contributed by atoms with E-state index in [4.69, 9.17) is 11.6 Å². The number of nitrogens with zero attached hydrogens (tertiary/aromatic N) is 1. The first-order chi connectivity index (χ1) is 8.27. The second-order valence-corrected chi connectivity index (χ2v) is 4.82. The molecule has 1 aromatic carbocycles. The van der Waals surface area contributed by atoms with Crippen LogP contribution in [0.5, 0.6) is 0 Å². The predicted molar refractivity (Wildman–Crippen MR) is 74.4 cm³/mol. The van der Waals surface area contributed by atoms with Crippen molar-refractivity contribution in [1.29, 1.82) is 0 Å². The molecule has 0 unspecified atom stereocenters. The molecule has 1 aliphatic rings. The highest BCUT2D eigenvalue weighted by Crippen LogP contribution is 2.22. The van der Waals surface area contributed by atoms with Gasteiger partial charge >= 0.3 is 0 Å². The summed E-state index contributed by atoms with van der Waals surface area (Å²) in [5.74, 6) is 0. The van der Waals surface area contributed by atoms with Crippen LogP contribution in [0, 0.1) is 0 Å². The van der Waals surface area contributed by atoms with E-state index in [-0.39, 0.29) is 0 Å². The smallest absolute Gasteiger partial charge is 0.0480 e. The fourth-order valence-electron chi connectivity index (χ4n) is 2.05. The molecule has 0 spiro atoms. The van der Waals surface area contributed by atoms with Gasteiger partial charge in [-0.1, -0.05) is 35.9 Å². The van der Waals surface area contributed by atoms with Gasteiger partial charge in [-0.3, -0.25) is 4.90 Å². The van der Waals surface area contributed by atoms with E-state index < -0.39 is 0 Å². The summed E-state index contributed by atoms with van der Waals surface area (Å²) in [6, 6.07) is 8.02. The molecule has 1 saturated heterocycles. The highest BCUT2D eigenvalue weighted by Gasteiger charge is 2.08. The molecule has 0 atom stereocenters. The van der Waals surface area contributed by atoms with Gasteiger partial charge in [-0.15, -0.1) is 0 Å². The topological polar surface area (TPSA) is 15.3 Å². The number of rotatable bonds is 3. The third-order valence-electron chi connectivity index (χ3n) is 3.16. The Kier molecular flexibility index (Phi) is 4.60. The van der Waals surface area contributed by atoms with Crippen LogP contribution in [-0.4, -0.2) is 37.6 Å². The third kappa shape index (κ3) is 3.56. The van der Waals surface area contributed by atoms with Gasteiger partial charge in [0, 0.05) is 37.7 Å². The van der Waals surface area contributed by atoms with Crippen molar-refractivity contribution in [2.45, 2.75) is 6.92 Å². The van der Waals surface area contributed by atoms with Crippen LogP contribution < -0.4 is 5.32 Å². The van der Waals surface area contributed by atoms with Crippen LogP contribution in [0.4, 0.5) is 0 Å². The second kappa shape index (κ2) is 6.20. The van der Waals surface area contributed by atoms with Crippen LogP contribution >= 0.6 is 11.6 Å². The largest absolute Gasteiger partial charge is 0.314 e. The van der Waals surface area contributed by atoms with Crippen LogP contribution in [0.3, 0.4) is 0 Å². The summed E-state index contributed by atoms with van der Waals surface area (Å²) in [5.41, 5.74) is 2.40. The van der Waals surface area contributed by atoms with Crippen LogP contribution in [0.15, 0.2) is 30.3 Å². The normalized spacial score (nSPS) is 18.4. The minimum atomic E-state index is 0.835. The number of hydrogen-bond acceptors (Lipinski definition) is 2. The summed E-state index contributed by atoms with van der Waals surface area (Å²) in [5, 5.41) is 4.19. The van der Waals surface area contributed by atoms with E-state index in [1.807, 2.05) is 18.2 Å². The van der Waals surface area contributed by atoms with Crippen LogP contribution in [-0.2, 0) is 0 Å². The predicted octanol–water partition coefficient (Wildman–Crippen LogP) is 2.65. The van der Waals surface area contributed by atoms with E-state index in [0.29, 0.717) is 0 Å². The molecule has 0 radical (unpaired) electrons. The lowest BCUT2D eigenvalue weighted by atomic mass is 10.1. The number of piperazine rings is 1. The Balaban J connectivity index is 1.99. The lowest BCUT2D eigenvalue weighted by Crippen LogP contribution is -2.43. The molecule has 0 saturated carbocycles. The van der Waals surface area contributed by atoms with Crippen molar-refractivity contribution < 1.29 is 0 Å². The molecular weight excluding hydrogens is 232 g/mol. The molecule has 1 aromatic rings. The molecule has 0 aliphatic carbocycles. The van der Waals surface area contributed by atoms with Crippen LogP contribution in [0.2, 0.25) is 5.02 Å². The molecule has 0 bridgehead atoms. The fraction of sp³-hybridized carbons (Fsp3) is 0.429. The first kappa shape index (κ1) is 12.6. The highest BCUT2D eigenvalue weighted by molar-refractivity contribution is 6.32. The monoisotopic (exact) mass is 250 g/mol. The van der Waals surface area contributed by atoms with E-state index in [9.17, 15) is 0 Å². The van der Waals surface area contributed by atoms with E-state index in [2.05, 4.69) is 29.3 Å². The maximum absolute atomic E-state index is 6.18. The number of allylic oxidation sites excluding steroid dienone is 1. The summed E-state index contributed by atoms with van der Waals surface area (Å²) in [6.45, 7) is 7.60. The highest BCUT2D eigenvalue weighted by atomic mass is 35.5. The van der Waals surface area contributed by atoms with Gasteiger partial charge in [0.05, 0.1) is 0 Å². The van der Waals surface area contributed by atoms with E-state index in [1.165, 1.54) is 5.57 Å². The Bertz CT molecular complexity index is 395. The Morgan fingerprint density at radius 1 is 1.35 bits per heavy atom. The van der Waals surface area contributed by atoms with Crippen molar-refractivity contribution in [2.75, 3.05) is 32.7 Å². The molecule has 1 aliphatic heterocycles. The van der Waals surface area contributed by atoms with Crippen molar-refractivity contribution in [1.82, 2.24) is 10.2 Å². The number of nitrogens with one attached hydrogen (secondary N) is 1. The second-order valence-electron chi connectivity index (χ2n) is 4.42. The van der Waals surface area contributed by atoms with E-state index in [1.54, 1.807) is 0 Å². The average Bonchev–Trinajstić information content (AvgIpc) is 2.38. The quantitative estimate of drug-likeness (QED) is 0.887. The Hall–Kier alpha value is -0.830. The van der Waals surface area contributed by atoms with Crippen molar-refractivity contribution in [2.24, 2.45) is 0 Å². The van der Waals surface area contributed by atoms with Gasteiger partial charge in [0.2, 0.25) is 0 Å². The lowest BCUT2D eigenvalue weighted by molar-refractivity contribution is 0.265. The third-order valence-corrected chi connectivity index (χ3v) is 3.49. The number of benzene rings is 1. The molecule has 3 heteroatoms. The van der Waals surface area contributed by atoms with Crippen molar-refractivity contribution >= 4 is 17.2 Å². The zero-order valence-electron chi connectivity index (χ0n) is 10.2. The van der Waals surface area contributed by atoms with Gasteiger partial charge in [-0.25, -0.2) is 0 Å². The van der Waals surface area contributed by atoms with E-state index >= 15 is 0 Å². The molecule has 1 fully saturated rings. The molecule has 0 amide bonds. The van der Waals surface area contributed by atoms with Gasteiger partial charge in [-0.2, -0.15) is 0 Å². The molecule has 0 aromatic heterocycles. The standard InChI is InChI=1S/C14H19ClN2/c1-12(13-4-2-3-5-14(13)15)6-9-17-10-7-16-8-11-17/h2-6,16H,7-11H2,1H3/b12-6+. The average molecular weight is 251 g/mol. The SMILES string of the molecule is C/C(=C\CN1CCNCC1)c1ccccc1Cl. The summed E-state index contributed by atoms with van der Waals surface area (Å²) >= 11 is 6.18. The lowest BCUT2D eigenvalue weighted by Gasteiger charge is -2.26. The van der Waals surface area contributed by atoms with Gasteiger partial charge < -0.3 is 5.32 Å². The minimum absolute atomic E-state index is 0.835. The van der Waals surface area contributed by atoms with Crippen molar-refractivity contribution in [3.8, 4) is 0 Å². The minimum Gasteiger partial charge on any atom is -0.314 e. The Labute approximate surface area is 108 Å². The molecular formula is C14H19ClN2. The number of hydrogen-bond donors (Lipinski definition) is 1. The molecule has 92 valence electrons. The molecule has 17 heavy (non-hydrogen) atoms. The first-order valence-electron chi connectivity index (χ1n) is 6.12. The Morgan fingerprint density at radius 3 is 2.76 bits per heavy atom. The zero-order chi connectivity index (χ0) is 12.1. The van der Waals surface area contributed by atoms with Crippen LogP contribution in [0.1, 0.15) is 12.5 Å². The summed E-state index contributed by atoms with van der Waals surface area (Å²) < 4.78 is 0. The fourth-order valence-corrected chi connectivity index (χ4v) is 2.34. The Morgan fingerprint density at radius 2 is 2.06 bits per heavy atom. The van der Waals surface area contributed by atoms with Gasteiger partial charge in [0.25, 0.3) is 0 Å². The van der Waals surface area contributed by atoms with Crippen LogP contribution in [0.25, 0.3) is 5.57 Å². The van der Waals surface area contributed by atoms with Crippen molar-refractivity contribution in [3.63, 3.8) is 0 Å². The molecule has 1 N–H and O–H groups in total. The van der Waals surface area contributed by atoms with Gasteiger partial charge in [0.1, 0.15) is 0 Å². The van der Waals surface area contributed by atoms with Gasteiger partial charge in [-0.05, 0) is 24.1 Å². The molecule has 2 rings (SSSR count). The maximum atomic E-state index is 6.18. The number of halogens is 1. The molecule has 2 nitrogen and oxygen atoms in total. The zero-order valence-corrected chi connectivity index (χ0v) is 11.0. The summed E-state index contributed by atoms with van der Waals surface area (Å²) in [7, 11) is 0. The first-order valence-corrected chi connectivity index (χ1v) is 6.50. The maximum Gasteiger partial charge on any atom is 0.0480 e. The summed E-state index contributed by atoms with van der Waals surface area (Å²) in [4.78, 5) is 2.46.